The molecule has 1 aliphatic rings. The van der Waals surface area contributed by atoms with Gasteiger partial charge in [-0.1, -0.05) is 11.3 Å². The number of ether oxygens (including phenoxy) is 2. The van der Waals surface area contributed by atoms with Gasteiger partial charge in [0.15, 0.2) is 5.06 Å². The Bertz CT molecular complexity index is 928. The SMILES string of the molecule is CCOC(=O)c1sc(Oc2ccc(N)cc2)c2c1CCc1cn[nH]c1-2. The molecule has 25 heavy (non-hydrogen) atoms. The Morgan fingerprint density at radius 2 is 2.12 bits per heavy atom. The molecule has 6 nitrogen and oxygen atoms in total. The van der Waals surface area contributed by atoms with Crippen molar-refractivity contribution in [1.82, 2.24) is 10.2 Å². The lowest BCUT2D eigenvalue weighted by atomic mass is 9.92. The van der Waals surface area contributed by atoms with Gasteiger partial charge in [0, 0.05) is 5.69 Å². The Balaban J connectivity index is 1.81. The van der Waals surface area contributed by atoms with Gasteiger partial charge in [0.25, 0.3) is 0 Å². The maximum atomic E-state index is 12.4. The second kappa shape index (κ2) is 6.25. The normalized spacial score (nSPS) is 12.4. The molecule has 4 rings (SSSR count). The summed E-state index contributed by atoms with van der Waals surface area (Å²) in [6.07, 6.45) is 3.42. The van der Waals surface area contributed by atoms with Crippen molar-refractivity contribution in [2.24, 2.45) is 0 Å². The molecule has 1 aromatic carbocycles. The number of rotatable bonds is 4. The first kappa shape index (κ1) is 15.7. The molecule has 0 fully saturated rings. The number of nitrogens with one attached hydrogen (secondary N) is 1. The molecule has 3 N–H and O–H groups in total. The smallest absolute Gasteiger partial charge is 0.348 e. The minimum Gasteiger partial charge on any atom is -0.462 e. The summed E-state index contributed by atoms with van der Waals surface area (Å²) in [5.74, 6) is 0.360. The van der Waals surface area contributed by atoms with Crippen LogP contribution in [0.25, 0.3) is 11.3 Å². The van der Waals surface area contributed by atoms with E-state index < -0.39 is 0 Å². The number of thiophene rings is 1. The number of H-pyrrole nitrogens is 1. The van der Waals surface area contributed by atoms with Gasteiger partial charge in [-0.15, -0.1) is 0 Å². The molecule has 0 radical (unpaired) electrons. The van der Waals surface area contributed by atoms with Gasteiger partial charge >= 0.3 is 5.97 Å². The van der Waals surface area contributed by atoms with Crippen LogP contribution in [-0.2, 0) is 17.6 Å². The summed E-state index contributed by atoms with van der Waals surface area (Å²) < 4.78 is 11.3. The highest BCUT2D eigenvalue weighted by Gasteiger charge is 2.31. The average molecular weight is 355 g/mol. The van der Waals surface area contributed by atoms with Crippen LogP contribution in [0, 0.1) is 0 Å². The number of benzene rings is 1. The van der Waals surface area contributed by atoms with Gasteiger partial charge in [0.2, 0.25) is 0 Å². The summed E-state index contributed by atoms with van der Waals surface area (Å²) in [7, 11) is 0. The Kier molecular flexibility index (Phi) is 3.93. The number of carbonyl (C=O) groups is 1. The second-order valence-corrected chi connectivity index (χ2v) is 6.72. The Morgan fingerprint density at radius 1 is 1.32 bits per heavy atom. The zero-order chi connectivity index (χ0) is 17.4. The monoisotopic (exact) mass is 355 g/mol. The van der Waals surface area contributed by atoms with E-state index in [0.717, 1.165) is 35.2 Å². The van der Waals surface area contributed by atoms with Gasteiger partial charge in [-0.2, -0.15) is 5.10 Å². The van der Waals surface area contributed by atoms with Gasteiger partial charge < -0.3 is 15.2 Å². The van der Waals surface area contributed by atoms with E-state index in [-0.39, 0.29) is 5.97 Å². The fourth-order valence-electron chi connectivity index (χ4n) is 2.99. The molecular weight excluding hydrogens is 338 g/mol. The van der Waals surface area contributed by atoms with E-state index in [1.807, 2.05) is 18.3 Å². The van der Waals surface area contributed by atoms with E-state index in [2.05, 4.69) is 10.2 Å². The molecule has 128 valence electrons. The lowest BCUT2D eigenvalue weighted by Crippen LogP contribution is -2.08. The molecule has 0 saturated carbocycles. The Labute approximate surface area is 148 Å². The van der Waals surface area contributed by atoms with Crippen molar-refractivity contribution in [3.8, 4) is 22.1 Å². The molecule has 3 aromatic rings. The molecule has 0 aliphatic heterocycles. The molecule has 0 unspecified atom stereocenters. The van der Waals surface area contributed by atoms with E-state index in [4.69, 9.17) is 15.2 Å². The number of nitrogen functional groups attached to an aromatic ring is 1. The summed E-state index contributed by atoms with van der Waals surface area (Å²) in [6, 6.07) is 7.18. The lowest BCUT2D eigenvalue weighted by molar-refractivity contribution is 0.0531. The van der Waals surface area contributed by atoms with Crippen LogP contribution in [0.15, 0.2) is 30.5 Å². The summed E-state index contributed by atoms with van der Waals surface area (Å²) in [6.45, 7) is 2.14. The predicted molar refractivity (Wildman–Crippen MR) is 96.2 cm³/mol. The average Bonchev–Trinajstić information content (AvgIpc) is 3.21. The highest BCUT2D eigenvalue weighted by Crippen LogP contribution is 2.48. The fourth-order valence-corrected chi connectivity index (χ4v) is 4.11. The summed E-state index contributed by atoms with van der Waals surface area (Å²) >= 11 is 1.31. The van der Waals surface area contributed by atoms with Crippen molar-refractivity contribution >= 4 is 23.0 Å². The van der Waals surface area contributed by atoms with Crippen LogP contribution in [0.2, 0.25) is 0 Å². The van der Waals surface area contributed by atoms with Crippen LogP contribution in [0.1, 0.15) is 27.7 Å². The number of aromatic amines is 1. The Hall–Kier alpha value is -2.80. The molecular formula is C18H17N3O3S. The van der Waals surface area contributed by atoms with Crippen molar-refractivity contribution in [3.05, 3.63) is 46.5 Å². The van der Waals surface area contributed by atoms with Gasteiger partial charge in [-0.25, -0.2) is 4.79 Å². The first-order valence-corrected chi connectivity index (χ1v) is 8.87. The number of aryl methyl sites for hydroxylation is 1. The maximum absolute atomic E-state index is 12.4. The number of carbonyl (C=O) groups excluding carboxylic acids is 1. The lowest BCUT2D eigenvalue weighted by Gasteiger charge is -2.14. The molecule has 0 saturated heterocycles. The molecule has 1 aliphatic carbocycles. The van der Waals surface area contributed by atoms with Gasteiger partial charge in [0.1, 0.15) is 10.6 Å². The van der Waals surface area contributed by atoms with E-state index in [1.165, 1.54) is 11.3 Å². The quantitative estimate of drug-likeness (QED) is 0.549. The van der Waals surface area contributed by atoms with Crippen LogP contribution in [0.3, 0.4) is 0 Å². The van der Waals surface area contributed by atoms with Crippen molar-refractivity contribution < 1.29 is 14.3 Å². The maximum Gasteiger partial charge on any atom is 0.348 e. The van der Waals surface area contributed by atoms with E-state index in [1.54, 1.807) is 19.1 Å². The van der Waals surface area contributed by atoms with Gasteiger partial charge in [-0.05, 0) is 55.2 Å². The number of aromatic nitrogens is 2. The molecule has 0 atom stereocenters. The number of hydrogen-bond donors (Lipinski definition) is 2. The number of nitrogens with two attached hydrogens (primary N) is 1. The molecule has 2 heterocycles. The number of esters is 1. The van der Waals surface area contributed by atoms with Crippen LogP contribution < -0.4 is 10.5 Å². The van der Waals surface area contributed by atoms with Crippen LogP contribution in [0.5, 0.6) is 10.8 Å². The third kappa shape index (κ3) is 2.76. The minimum absolute atomic E-state index is 0.307. The van der Waals surface area contributed by atoms with Crippen molar-refractivity contribution in [3.63, 3.8) is 0 Å². The zero-order valence-electron chi connectivity index (χ0n) is 13.7. The largest absolute Gasteiger partial charge is 0.462 e. The number of hydrogen-bond acceptors (Lipinski definition) is 6. The minimum atomic E-state index is -0.307. The fraction of sp³-hybridized carbons (Fsp3) is 0.222. The number of nitrogens with zero attached hydrogens (tertiary/aromatic N) is 1. The van der Waals surface area contributed by atoms with Crippen molar-refractivity contribution in [2.75, 3.05) is 12.3 Å². The third-order valence-electron chi connectivity index (χ3n) is 4.14. The standard InChI is InChI=1S/C18H17N3O3S/c1-2-23-17(22)16-13-8-3-10-9-20-21-15(10)14(13)18(25-16)24-12-6-4-11(19)5-7-12/h4-7,9H,2-3,8,19H2,1H3,(H,20,21). The van der Waals surface area contributed by atoms with Gasteiger partial charge in [0.05, 0.1) is 24.1 Å². The molecule has 0 bridgehead atoms. The Morgan fingerprint density at radius 3 is 2.88 bits per heavy atom. The van der Waals surface area contributed by atoms with E-state index in [0.29, 0.717) is 28.0 Å². The highest BCUT2D eigenvalue weighted by atomic mass is 32.1. The predicted octanol–water partition coefficient (Wildman–Crippen LogP) is 3.79. The van der Waals surface area contributed by atoms with Gasteiger partial charge in [-0.3, -0.25) is 5.10 Å². The zero-order valence-corrected chi connectivity index (χ0v) is 14.5. The summed E-state index contributed by atoms with van der Waals surface area (Å²) in [4.78, 5) is 13.0. The summed E-state index contributed by atoms with van der Waals surface area (Å²) in [5.41, 5.74) is 10.3. The number of fused-ring (bicyclic) bond motifs is 3. The molecule has 0 amide bonds. The van der Waals surface area contributed by atoms with Crippen molar-refractivity contribution in [2.45, 2.75) is 19.8 Å². The second-order valence-electron chi connectivity index (χ2n) is 5.73. The first-order valence-electron chi connectivity index (χ1n) is 8.06. The van der Waals surface area contributed by atoms with Crippen LogP contribution >= 0.6 is 11.3 Å². The summed E-state index contributed by atoms with van der Waals surface area (Å²) in [5, 5.41) is 7.84. The first-order chi connectivity index (χ1) is 12.2. The van der Waals surface area contributed by atoms with Crippen LogP contribution in [0.4, 0.5) is 5.69 Å². The molecule has 7 heteroatoms. The molecule has 0 spiro atoms. The van der Waals surface area contributed by atoms with E-state index in [9.17, 15) is 4.79 Å². The topological polar surface area (TPSA) is 90.2 Å². The van der Waals surface area contributed by atoms with Crippen LogP contribution in [-0.4, -0.2) is 22.8 Å². The third-order valence-corrected chi connectivity index (χ3v) is 5.23. The molecule has 2 aromatic heterocycles. The number of anilines is 1. The highest BCUT2D eigenvalue weighted by molar-refractivity contribution is 7.16. The van der Waals surface area contributed by atoms with E-state index >= 15 is 0 Å². The van der Waals surface area contributed by atoms with Crippen molar-refractivity contribution in [1.29, 1.82) is 0 Å².